The summed E-state index contributed by atoms with van der Waals surface area (Å²) in [6.07, 6.45) is 3.86. The molecule has 2 fully saturated rings. The molecule has 0 N–H and O–H groups in total. The predicted octanol–water partition coefficient (Wildman–Crippen LogP) is 2.34. The summed E-state index contributed by atoms with van der Waals surface area (Å²) in [5.41, 5.74) is 0.552. The predicted molar refractivity (Wildman–Crippen MR) is 76.0 cm³/mol. The van der Waals surface area contributed by atoms with Crippen molar-refractivity contribution in [2.24, 2.45) is 5.92 Å². The number of fused-ring (bicyclic) bond motifs is 1. The van der Waals surface area contributed by atoms with Crippen LogP contribution in [-0.2, 0) is 4.74 Å². The van der Waals surface area contributed by atoms with E-state index in [-0.39, 0.29) is 5.97 Å². The second kappa shape index (κ2) is 5.83. The van der Waals surface area contributed by atoms with Crippen LogP contribution >= 0.6 is 0 Å². The largest absolute Gasteiger partial charge is 0.494 e. The van der Waals surface area contributed by atoms with E-state index in [1.54, 1.807) is 12.1 Å². The van der Waals surface area contributed by atoms with Crippen LogP contribution in [0.2, 0.25) is 0 Å². The zero-order valence-corrected chi connectivity index (χ0v) is 11.9. The van der Waals surface area contributed by atoms with Crippen molar-refractivity contribution in [2.45, 2.75) is 25.3 Å². The smallest absolute Gasteiger partial charge is 0.337 e. The van der Waals surface area contributed by atoms with Crippen molar-refractivity contribution in [3.05, 3.63) is 29.8 Å². The van der Waals surface area contributed by atoms with E-state index in [1.165, 1.54) is 26.5 Å². The molecular weight excluding hydrogens is 254 g/mol. The quantitative estimate of drug-likeness (QED) is 0.590. The molecule has 0 unspecified atom stereocenters. The molecule has 1 saturated carbocycles. The second-order valence-corrected chi connectivity index (χ2v) is 5.61. The van der Waals surface area contributed by atoms with Crippen molar-refractivity contribution in [1.82, 2.24) is 4.90 Å². The fourth-order valence-electron chi connectivity index (χ4n) is 3.03. The molecule has 4 nitrogen and oxygen atoms in total. The number of ether oxygens (including phenoxy) is 2. The van der Waals surface area contributed by atoms with E-state index < -0.39 is 0 Å². The molecular formula is C16H21NO3. The Kier molecular flexibility index (Phi) is 3.92. The van der Waals surface area contributed by atoms with Crippen LogP contribution < -0.4 is 4.74 Å². The Morgan fingerprint density at radius 3 is 2.75 bits per heavy atom. The minimum Gasteiger partial charge on any atom is -0.494 e. The Hall–Kier alpha value is -1.55. The van der Waals surface area contributed by atoms with Gasteiger partial charge in [-0.15, -0.1) is 0 Å². The minimum atomic E-state index is -0.315. The van der Waals surface area contributed by atoms with E-state index in [1.807, 2.05) is 12.1 Å². The third kappa shape index (κ3) is 2.96. The molecule has 2 atom stereocenters. The summed E-state index contributed by atoms with van der Waals surface area (Å²) in [6.45, 7) is 3.13. The number of carbonyl (C=O) groups excluding carboxylic acids is 1. The van der Waals surface area contributed by atoms with E-state index in [2.05, 4.69) is 9.64 Å². The molecule has 20 heavy (non-hydrogen) atoms. The Morgan fingerprint density at radius 1 is 1.35 bits per heavy atom. The summed E-state index contributed by atoms with van der Waals surface area (Å²) in [6, 6.07) is 7.99. The molecule has 1 saturated heterocycles. The number of rotatable bonds is 6. The van der Waals surface area contributed by atoms with Crippen LogP contribution in [-0.4, -0.2) is 43.7 Å². The molecule has 0 bridgehead atoms. The van der Waals surface area contributed by atoms with Crippen molar-refractivity contribution in [2.75, 3.05) is 26.8 Å². The molecule has 1 aliphatic carbocycles. The Bertz CT molecular complexity index is 471. The maximum absolute atomic E-state index is 11.3. The van der Waals surface area contributed by atoms with Gasteiger partial charge in [0, 0.05) is 12.6 Å². The molecule has 0 amide bonds. The van der Waals surface area contributed by atoms with Gasteiger partial charge in [0.25, 0.3) is 0 Å². The van der Waals surface area contributed by atoms with Gasteiger partial charge < -0.3 is 9.47 Å². The molecule has 0 aromatic heterocycles. The highest BCUT2D eigenvalue weighted by atomic mass is 16.5. The minimum absolute atomic E-state index is 0.315. The number of piperidine rings is 1. The van der Waals surface area contributed by atoms with Crippen LogP contribution in [0.25, 0.3) is 0 Å². The van der Waals surface area contributed by atoms with Crippen LogP contribution in [0.15, 0.2) is 24.3 Å². The molecule has 0 spiro atoms. The molecule has 2 aliphatic rings. The average Bonchev–Trinajstić information content (AvgIpc) is 3.17. The van der Waals surface area contributed by atoms with Gasteiger partial charge in [-0.1, -0.05) is 0 Å². The molecule has 1 aromatic carbocycles. The maximum Gasteiger partial charge on any atom is 0.337 e. The lowest BCUT2D eigenvalue weighted by atomic mass is 10.2. The van der Waals surface area contributed by atoms with E-state index in [4.69, 9.17) is 4.74 Å². The normalized spacial score (nSPS) is 24.2. The van der Waals surface area contributed by atoms with Gasteiger partial charge in [0.2, 0.25) is 0 Å². The number of likely N-dealkylation sites (tertiary alicyclic amines) is 1. The third-order valence-corrected chi connectivity index (χ3v) is 4.28. The first-order valence-electron chi connectivity index (χ1n) is 7.33. The lowest BCUT2D eigenvalue weighted by molar-refractivity contribution is 0.0600. The van der Waals surface area contributed by atoms with E-state index in [0.29, 0.717) is 5.56 Å². The fourth-order valence-corrected chi connectivity index (χ4v) is 3.03. The van der Waals surface area contributed by atoms with Crippen LogP contribution in [0.3, 0.4) is 0 Å². The van der Waals surface area contributed by atoms with Gasteiger partial charge in [-0.3, -0.25) is 4.90 Å². The van der Waals surface area contributed by atoms with Gasteiger partial charge in [-0.2, -0.15) is 0 Å². The highest BCUT2D eigenvalue weighted by molar-refractivity contribution is 5.89. The second-order valence-electron chi connectivity index (χ2n) is 5.61. The summed E-state index contributed by atoms with van der Waals surface area (Å²) in [5.74, 6) is 1.50. The average molecular weight is 275 g/mol. The van der Waals surface area contributed by atoms with Crippen LogP contribution in [0.1, 0.15) is 29.6 Å². The molecule has 4 heteroatoms. The summed E-state index contributed by atoms with van der Waals surface area (Å²) < 4.78 is 10.4. The summed E-state index contributed by atoms with van der Waals surface area (Å²) in [4.78, 5) is 13.9. The molecule has 1 heterocycles. The number of nitrogens with zero attached hydrogens (tertiary/aromatic N) is 1. The van der Waals surface area contributed by atoms with Crippen molar-refractivity contribution >= 4 is 5.97 Å². The highest BCUT2D eigenvalue weighted by Gasteiger charge is 2.46. The fraction of sp³-hybridized carbons (Fsp3) is 0.562. The Labute approximate surface area is 119 Å². The first kappa shape index (κ1) is 13.4. The molecule has 1 aliphatic heterocycles. The molecule has 3 rings (SSSR count). The molecule has 108 valence electrons. The van der Waals surface area contributed by atoms with E-state index in [0.717, 1.165) is 37.3 Å². The highest BCUT2D eigenvalue weighted by Crippen LogP contribution is 2.44. The lowest BCUT2D eigenvalue weighted by Crippen LogP contribution is -2.25. The number of benzene rings is 1. The van der Waals surface area contributed by atoms with Crippen LogP contribution in [0.5, 0.6) is 5.75 Å². The van der Waals surface area contributed by atoms with Gasteiger partial charge >= 0.3 is 5.97 Å². The van der Waals surface area contributed by atoms with Crippen molar-refractivity contribution in [3.8, 4) is 5.75 Å². The summed E-state index contributed by atoms with van der Waals surface area (Å²) >= 11 is 0. The number of carbonyl (C=O) groups is 1. The van der Waals surface area contributed by atoms with Gasteiger partial charge in [0.1, 0.15) is 5.75 Å². The first-order valence-corrected chi connectivity index (χ1v) is 7.33. The van der Waals surface area contributed by atoms with Gasteiger partial charge in [-0.05, 0) is 56.0 Å². The zero-order chi connectivity index (χ0) is 13.9. The maximum atomic E-state index is 11.3. The van der Waals surface area contributed by atoms with Gasteiger partial charge in [0.05, 0.1) is 19.3 Å². The molecule has 1 aromatic rings. The SMILES string of the molecule is COC(=O)c1ccc(OCCCN2CC[C@H]3C[C@H]32)cc1. The zero-order valence-electron chi connectivity index (χ0n) is 11.9. The van der Waals surface area contributed by atoms with Gasteiger partial charge in [0.15, 0.2) is 0 Å². The van der Waals surface area contributed by atoms with Crippen LogP contribution in [0.4, 0.5) is 0 Å². The van der Waals surface area contributed by atoms with Crippen molar-refractivity contribution < 1.29 is 14.3 Å². The topological polar surface area (TPSA) is 38.8 Å². The van der Waals surface area contributed by atoms with Gasteiger partial charge in [-0.25, -0.2) is 4.79 Å². The number of methoxy groups -OCH3 is 1. The third-order valence-electron chi connectivity index (χ3n) is 4.28. The Balaban J connectivity index is 1.38. The number of hydrogen-bond acceptors (Lipinski definition) is 4. The molecule has 0 radical (unpaired) electrons. The number of esters is 1. The van der Waals surface area contributed by atoms with Crippen molar-refractivity contribution in [1.29, 1.82) is 0 Å². The summed E-state index contributed by atoms with van der Waals surface area (Å²) in [7, 11) is 1.38. The first-order chi connectivity index (χ1) is 9.78. The van der Waals surface area contributed by atoms with E-state index in [9.17, 15) is 4.79 Å². The standard InChI is InChI=1S/C16H21NO3/c1-19-16(18)12-3-5-14(6-4-12)20-10-2-8-17-9-7-13-11-15(13)17/h3-6,13,15H,2,7-11H2,1H3/t13-,15+/m0/s1. The number of hydrogen-bond donors (Lipinski definition) is 0. The summed E-state index contributed by atoms with van der Waals surface area (Å²) in [5, 5.41) is 0. The van der Waals surface area contributed by atoms with Crippen molar-refractivity contribution in [3.63, 3.8) is 0 Å². The van der Waals surface area contributed by atoms with Crippen LogP contribution in [0, 0.1) is 5.92 Å². The Morgan fingerprint density at radius 2 is 2.15 bits per heavy atom. The monoisotopic (exact) mass is 275 g/mol. The van der Waals surface area contributed by atoms with E-state index >= 15 is 0 Å². The lowest BCUT2D eigenvalue weighted by Gasteiger charge is -2.17.